The van der Waals surface area contributed by atoms with Crippen LogP contribution in [0.1, 0.15) is 65.2 Å². The third kappa shape index (κ3) is 5.13. The molecule has 0 aliphatic heterocycles. The van der Waals surface area contributed by atoms with Crippen molar-refractivity contribution in [3.63, 3.8) is 0 Å². The maximum absolute atomic E-state index is 12.9. The van der Waals surface area contributed by atoms with Crippen molar-refractivity contribution >= 4 is 0 Å². The fourth-order valence-electron chi connectivity index (χ4n) is 2.10. The first-order chi connectivity index (χ1) is 7.93. The van der Waals surface area contributed by atoms with Crippen molar-refractivity contribution in [2.75, 3.05) is 0 Å². The molecule has 17 heavy (non-hydrogen) atoms. The van der Waals surface area contributed by atoms with Crippen LogP contribution in [0, 0.1) is 5.41 Å². The summed E-state index contributed by atoms with van der Waals surface area (Å²) in [6, 6.07) is 0. The van der Waals surface area contributed by atoms with Crippen LogP contribution in [0.25, 0.3) is 0 Å². The zero-order valence-corrected chi connectivity index (χ0v) is 11.1. The number of rotatable bonds is 9. The normalized spacial score (nSPS) is 15.6. The lowest BCUT2D eigenvalue weighted by Crippen LogP contribution is -2.35. The van der Waals surface area contributed by atoms with Gasteiger partial charge in [0, 0.05) is 0 Å². The minimum Gasteiger partial charge on any atom is -0.170 e. The van der Waals surface area contributed by atoms with Gasteiger partial charge in [-0.25, -0.2) is 0 Å². The van der Waals surface area contributed by atoms with E-state index in [9.17, 15) is 13.2 Å². The zero-order chi connectivity index (χ0) is 13.4. The van der Waals surface area contributed by atoms with Crippen LogP contribution in [0.15, 0.2) is 12.7 Å². The second-order valence-corrected chi connectivity index (χ2v) is 4.73. The van der Waals surface area contributed by atoms with E-state index in [0.29, 0.717) is 6.42 Å². The molecule has 0 nitrogen and oxygen atoms in total. The molecule has 0 aromatic heterocycles. The highest BCUT2D eigenvalue weighted by Crippen LogP contribution is 2.46. The second kappa shape index (κ2) is 7.78. The fraction of sp³-hybridized carbons (Fsp3) is 0.857. The van der Waals surface area contributed by atoms with Gasteiger partial charge in [-0.05, 0) is 12.8 Å². The van der Waals surface area contributed by atoms with Gasteiger partial charge in [-0.3, -0.25) is 0 Å². The molecule has 0 fully saturated rings. The lowest BCUT2D eigenvalue weighted by Gasteiger charge is -2.31. The third-order valence-corrected chi connectivity index (χ3v) is 3.56. The Morgan fingerprint density at radius 2 is 1.47 bits per heavy atom. The van der Waals surface area contributed by atoms with Crippen molar-refractivity contribution in [3.8, 4) is 0 Å². The van der Waals surface area contributed by atoms with Gasteiger partial charge in [0.2, 0.25) is 0 Å². The number of hydrogen-bond acceptors (Lipinski definition) is 0. The summed E-state index contributed by atoms with van der Waals surface area (Å²) >= 11 is 0. The molecule has 0 radical (unpaired) electrons. The molecule has 0 N–H and O–H groups in total. The Balaban J connectivity index is 4.07. The summed E-state index contributed by atoms with van der Waals surface area (Å²) in [7, 11) is 0. The molecule has 0 saturated carbocycles. The van der Waals surface area contributed by atoms with E-state index in [0.717, 1.165) is 31.8 Å². The first-order valence-electron chi connectivity index (χ1n) is 6.64. The maximum Gasteiger partial charge on any atom is 0.397 e. The van der Waals surface area contributed by atoms with E-state index >= 15 is 0 Å². The van der Waals surface area contributed by atoms with E-state index in [4.69, 9.17) is 0 Å². The molecule has 1 atom stereocenters. The molecular weight excluding hydrogens is 225 g/mol. The van der Waals surface area contributed by atoms with Crippen molar-refractivity contribution in [1.82, 2.24) is 0 Å². The minimum atomic E-state index is -4.16. The van der Waals surface area contributed by atoms with Gasteiger partial charge in [0.25, 0.3) is 0 Å². The van der Waals surface area contributed by atoms with E-state index in [1.165, 1.54) is 6.42 Å². The van der Waals surface area contributed by atoms with Crippen LogP contribution in [0.4, 0.5) is 13.2 Å². The van der Waals surface area contributed by atoms with Crippen molar-refractivity contribution < 1.29 is 13.2 Å². The third-order valence-electron chi connectivity index (χ3n) is 3.56. The van der Waals surface area contributed by atoms with Crippen LogP contribution in [0.2, 0.25) is 0 Å². The number of unbranched alkanes of at least 4 members (excludes halogenated alkanes) is 5. The topological polar surface area (TPSA) is 0 Å². The molecule has 0 bridgehead atoms. The smallest absolute Gasteiger partial charge is 0.170 e. The summed E-state index contributed by atoms with van der Waals surface area (Å²) in [4.78, 5) is 0. The molecule has 0 saturated heterocycles. The van der Waals surface area contributed by atoms with Gasteiger partial charge in [0.15, 0.2) is 0 Å². The van der Waals surface area contributed by atoms with E-state index in [-0.39, 0.29) is 12.8 Å². The van der Waals surface area contributed by atoms with Gasteiger partial charge in [-0.1, -0.05) is 58.4 Å². The lowest BCUT2D eigenvalue weighted by atomic mass is 9.79. The quantitative estimate of drug-likeness (QED) is 0.354. The highest BCUT2D eigenvalue weighted by molar-refractivity contribution is 4.99. The number of hydrogen-bond donors (Lipinski definition) is 0. The highest BCUT2D eigenvalue weighted by Gasteiger charge is 2.50. The first-order valence-corrected chi connectivity index (χ1v) is 6.64. The molecular formula is C14H25F3. The molecule has 0 aliphatic rings. The van der Waals surface area contributed by atoms with Crippen LogP contribution in [0.3, 0.4) is 0 Å². The molecule has 0 aromatic rings. The minimum absolute atomic E-state index is 0.0922. The number of allylic oxidation sites excluding steroid dienone is 1. The molecule has 0 rings (SSSR count). The van der Waals surface area contributed by atoms with Gasteiger partial charge in [0.1, 0.15) is 0 Å². The standard InChI is InChI=1S/C14H25F3/c1-4-7-8-9-10-11-12-13(5-2,6-3)14(15,16)17/h5H,2,4,6-12H2,1,3H3. The van der Waals surface area contributed by atoms with Crippen molar-refractivity contribution in [2.45, 2.75) is 71.4 Å². The number of alkyl halides is 3. The highest BCUT2D eigenvalue weighted by atomic mass is 19.4. The Labute approximate surface area is 103 Å². The summed E-state index contributed by atoms with van der Waals surface area (Å²) < 4.78 is 38.8. The van der Waals surface area contributed by atoms with Crippen molar-refractivity contribution in [2.24, 2.45) is 5.41 Å². The summed E-state index contributed by atoms with van der Waals surface area (Å²) in [5.41, 5.74) is -1.67. The average molecular weight is 250 g/mol. The number of halogens is 3. The average Bonchev–Trinajstić information content (AvgIpc) is 2.27. The van der Waals surface area contributed by atoms with Crippen LogP contribution < -0.4 is 0 Å². The van der Waals surface area contributed by atoms with Gasteiger partial charge in [-0.15, -0.1) is 6.58 Å². The van der Waals surface area contributed by atoms with Crippen LogP contribution in [-0.2, 0) is 0 Å². The molecule has 102 valence electrons. The second-order valence-electron chi connectivity index (χ2n) is 4.73. The van der Waals surface area contributed by atoms with E-state index < -0.39 is 11.6 Å². The van der Waals surface area contributed by atoms with Gasteiger partial charge >= 0.3 is 6.18 Å². The summed E-state index contributed by atoms with van der Waals surface area (Å²) in [6.45, 7) is 7.10. The Kier molecular flexibility index (Phi) is 7.56. The Morgan fingerprint density at radius 1 is 0.941 bits per heavy atom. The van der Waals surface area contributed by atoms with Crippen LogP contribution in [0.5, 0.6) is 0 Å². The zero-order valence-electron chi connectivity index (χ0n) is 11.1. The van der Waals surface area contributed by atoms with Crippen molar-refractivity contribution in [3.05, 3.63) is 12.7 Å². The summed E-state index contributed by atoms with van der Waals surface area (Å²) in [5, 5.41) is 0. The molecule has 0 amide bonds. The maximum atomic E-state index is 12.9. The predicted molar refractivity (Wildman–Crippen MR) is 67.0 cm³/mol. The van der Waals surface area contributed by atoms with Gasteiger partial charge < -0.3 is 0 Å². The summed E-state index contributed by atoms with van der Waals surface area (Å²) in [6.07, 6.45) is 3.27. The van der Waals surface area contributed by atoms with Crippen molar-refractivity contribution in [1.29, 1.82) is 0 Å². The largest absolute Gasteiger partial charge is 0.397 e. The Morgan fingerprint density at radius 3 is 1.88 bits per heavy atom. The van der Waals surface area contributed by atoms with E-state index in [1.54, 1.807) is 6.92 Å². The molecule has 0 heterocycles. The predicted octanol–water partition coefficient (Wildman–Crippen LogP) is 5.88. The van der Waals surface area contributed by atoms with Crippen LogP contribution >= 0.6 is 0 Å². The molecule has 0 spiro atoms. The SMILES string of the molecule is C=CC(CC)(CCCCCCCC)C(F)(F)F. The van der Waals surface area contributed by atoms with Gasteiger partial charge in [-0.2, -0.15) is 13.2 Å². The summed E-state index contributed by atoms with van der Waals surface area (Å²) in [5.74, 6) is 0. The first kappa shape index (κ1) is 16.5. The fourth-order valence-corrected chi connectivity index (χ4v) is 2.10. The molecule has 1 unspecified atom stereocenters. The Hall–Kier alpha value is -0.470. The van der Waals surface area contributed by atoms with Gasteiger partial charge in [0.05, 0.1) is 5.41 Å². The Bertz CT molecular complexity index is 208. The van der Waals surface area contributed by atoms with E-state index in [1.807, 2.05) is 0 Å². The lowest BCUT2D eigenvalue weighted by molar-refractivity contribution is -0.209. The van der Waals surface area contributed by atoms with Crippen LogP contribution in [-0.4, -0.2) is 6.18 Å². The van der Waals surface area contributed by atoms with E-state index in [2.05, 4.69) is 13.5 Å². The molecule has 0 aromatic carbocycles. The molecule has 0 aliphatic carbocycles. The monoisotopic (exact) mass is 250 g/mol. The molecule has 3 heteroatoms.